The Kier molecular flexibility index (Phi) is 4.23. The Morgan fingerprint density at radius 1 is 1.31 bits per heavy atom. The van der Waals surface area contributed by atoms with E-state index < -0.39 is 0 Å². The van der Waals surface area contributed by atoms with Crippen LogP contribution >= 0.6 is 0 Å². The molecule has 1 atom stereocenters. The number of aromatic nitrogens is 1. The molecule has 1 saturated heterocycles. The third-order valence-corrected chi connectivity index (χ3v) is 5.76. The summed E-state index contributed by atoms with van der Waals surface area (Å²) in [5.74, 6) is 1.65. The van der Waals surface area contributed by atoms with Crippen LogP contribution in [0.4, 0.5) is 5.69 Å². The number of hydrogen-bond donors (Lipinski definition) is 1. The molecule has 1 aromatic carbocycles. The summed E-state index contributed by atoms with van der Waals surface area (Å²) in [5, 5.41) is 7.11. The molecule has 1 N–H and O–H groups in total. The molecule has 6 heteroatoms. The van der Waals surface area contributed by atoms with E-state index in [1.807, 2.05) is 32.0 Å². The second-order valence-electron chi connectivity index (χ2n) is 7.33. The van der Waals surface area contributed by atoms with Crippen molar-refractivity contribution in [2.24, 2.45) is 11.3 Å². The fraction of sp³-hybridized carbons (Fsp3) is 0.500. The van der Waals surface area contributed by atoms with Gasteiger partial charge in [-0.2, -0.15) is 0 Å². The number of anilines is 1. The van der Waals surface area contributed by atoms with Crippen LogP contribution in [0.25, 0.3) is 11.1 Å². The van der Waals surface area contributed by atoms with Crippen LogP contribution in [0.3, 0.4) is 0 Å². The fourth-order valence-electron chi connectivity index (χ4n) is 4.13. The second-order valence-corrected chi connectivity index (χ2v) is 7.33. The highest BCUT2D eigenvalue weighted by Crippen LogP contribution is 2.59. The van der Waals surface area contributed by atoms with Gasteiger partial charge in [-0.05, 0) is 56.7 Å². The van der Waals surface area contributed by atoms with Gasteiger partial charge in [-0.15, -0.1) is 0 Å². The number of aryl methyl sites for hydroxylation is 2. The van der Waals surface area contributed by atoms with Gasteiger partial charge in [0.15, 0.2) is 0 Å². The summed E-state index contributed by atoms with van der Waals surface area (Å²) in [6.45, 7) is 5.31. The average Bonchev–Trinajstić information content (AvgIpc) is 3.23. The van der Waals surface area contributed by atoms with Gasteiger partial charge in [0.1, 0.15) is 11.5 Å². The van der Waals surface area contributed by atoms with Gasteiger partial charge in [0.25, 0.3) is 0 Å². The average molecular weight is 356 g/mol. The molecule has 2 aliphatic rings. The van der Waals surface area contributed by atoms with Crippen LogP contribution in [0, 0.1) is 25.2 Å². The van der Waals surface area contributed by atoms with Gasteiger partial charge >= 0.3 is 0 Å². The predicted molar refractivity (Wildman–Crippen MR) is 97.2 cm³/mol. The fourth-order valence-corrected chi connectivity index (χ4v) is 4.13. The molecule has 0 bridgehead atoms. The molecular formula is C20H24N2O4. The first kappa shape index (κ1) is 17.1. The van der Waals surface area contributed by atoms with Crippen molar-refractivity contribution in [2.45, 2.75) is 33.1 Å². The Labute approximate surface area is 152 Å². The molecule has 2 fully saturated rings. The van der Waals surface area contributed by atoms with Crippen molar-refractivity contribution >= 4 is 11.6 Å². The van der Waals surface area contributed by atoms with Gasteiger partial charge in [0.2, 0.25) is 5.91 Å². The Balaban J connectivity index is 1.56. The number of methoxy groups -OCH3 is 1. The number of carbonyl (C=O) groups excluding carboxylic acids is 1. The summed E-state index contributed by atoms with van der Waals surface area (Å²) in [5.41, 5.74) is 3.51. The molecule has 1 aliphatic carbocycles. The van der Waals surface area contributed by atoms with E-state index in [0.717, 1.165) is 66.5 Å². The Morgan fingerprint density at radius 2 is 2.08 bits per heavy atom. The van der Waals surface area contributed by atoms with E-state index >= 15 is 0 Å². The van der Waals surface area contributed by atoms with Crippen LogP contribution in [0.15, 0.2) is 22.7 Å². The van der Waals surface area contributed by atoms with E-state index in [4.69, 9.17) is 14.0 Å². The smallest absolute Gasteiger partial charge is 0.228 e. The van der Waals surface area contributed by atoms with E-state index in [0.29, 0.717) is 0 Å². The molecule has 26 heavy (non-hydrogen) atoms. The Hall–Kier alpha value is -2.34. The van der Waals surface area contributed by atoms with Crippen molar-refractivity contribution in [1.82, 2.24) is 5.16 Å². The molecule has 0 radical (unpaired) electrons. The van der Waals surface area contributed by atoms with Crippen LogP contribution in [0.5, 0.6) is 5.75 Å². The third-order valence-electron chi connectivity index (χ3n) is 5.76. The molecule has 6 nitrogen and oxygen atoms in total. The van der Waals surface area contributed by atoms with Gasteiger partial charge < -0.3 is 19.3 Å². The number of ether oxygens (including phenoxy) is 2. The van der Waals surface area contributed by atoms with E-state index in [1.165, 1.54) is 0 Å². The van der Waals surface area contributed by atoms with E-state index in [2.05, 4.69) is 10.5 Å². The van der Waals surface area contributed by atoms with Crippen molar-refractivity contribution < 1.29 is 18.8 Å². The summed E-state index contributed by atoms with van der Waals surface area (Å²) < 4.78 is 16.2. The normalized spacial score (nSPS) is 20.8. The quantitative estimate of drug-likeness (QED) is 0.904. The number of amides is 1. The van der Waals surface area contributed by atoms with Crippen LogP contribution in [0.2, 0.25) is 0 Å². The number of benzene rings is 1. The van der Waals surface area contributed by atoms with Crippen molar-refractivity contribution in [1.29, 1.82) is 0 Å². The molecule has 1 spiro atoms. The standard InChI is InChI=1S/C20H24N2O4/c1-12-18(13(2)26-22-12)15-10-14(4-5-17(15)24-3)21-19(23)16-11-20(16)6-8-25-9-7-20/h4-5,10,16H,6-9,11H2,1-3H3,(H,21,23). The lowest BCUT2D eigenvalue weighted by atomic mass is 9.93. The Bertz CT molecular complexity index is 817. The molecule has 2 aromatic rings. The van der Waals surface area contributed by atoms with E-state index in [1.54, 1.807) is 7.11 Å². The number of carbonyl (C=O) groups is 1. The van der Waals surface area contributed by atoms with Gasteiger partial charge in [-0.3, -0.25) is 4.79 Å². The predicted octanol–water partition coefficient (Wildman–Crippen LogP) is 3.72. The van der Waals surface area contributed by atoms with Gasteiger partial charge in [0.05, 0.1) is 18.4 Å². The Morgan fingerprint density at radius 3 is 2.73 bits per heavy atom. The minimum atomic E-state index is 0.0935. The third kappa shape index (κ3) is 2.88. The van der Waals surface area contributed by atoms with Crippen molar-refractivity contribution in [3.05, 3.63) is 29.7 Å². The minimum absolute atomic E-state index is 0.0935. The van der Waals surface area contributed by atoms with Crippen molar-refractivity contribution in [3.8, 4) is 16.9 Å². The summed E-state index contributed by atoms with van der Waals surface area (Å²) in [4.78, 5) is 12.7. The van der Waals surface area contributed by atoms with Gasteiger partial charge in [-0.25, -0.2) is 0 Å². The number of hydrogen-bond acceptors (Lipinski definition) is 5. The van der Waals surface area contributed by atoms with Crippen molar-refractivity contribution in [2.75, 3.05) is 25.6 Å². The first-order chi connectivity index (χ1) is 12.5. The van der Waals surface area contributed by atoms with Crippen LogP contribution in [-0.4, -0.2) is 31.4 Å². The van der Waals surface area contributed by atoms with Crippen molar-refractivity contribution in [3.63, 3.8) is 0 Å². The zero-order valence-electron chi connectivity index (χ0n) is 15.4. The van der Waals surface area contributed by atoms with Crippen LogP contribution < -0.4 is 10.1 Å². The maximum absolute atomic E-state index is 12.7. The number of nitrogens with one attached hydrogen (secondary N) is 1. The lowest BCUT2D eigenvalue weighted by Gasteiger charge is -2.22. The molecule has 1 saturated carbocycles. The molecule has 2 heterocycles. The second kappa shape index (κ2) is 6.43. The number of rotatable bonds is 4. The molecule has 1 aromatic heterocycles. The van der Waals surface area contributed by atoms with Crippen LogP contribution in [-0.2, 0) is 9.53 Å². The summed E-state index contributed by atoms with van der Waals surface area (Å²) in [6.07, 6.45) is 2.94. The molecule has 1 aliphatic heterocycles. The highest BCUT2D eigenvalue weighted by molar-refractivity contribution is 5.96. The molecule has 4 rings (SSSR count). The SMILES string of the molecule is COc1ccc(NC(=O)C2CC23CCOCC3)cc1-c1c(C)noc1C. The molecule has 1 amide bonds. The highest BCUT2D eigenvalue weighted by atomic mass is 16.5. The molecular weight excluding hydrogens is 332 g/mol. The lowest BCUT2D eigenvalue weighted by molar-refractivity contribution is -0.118. The zero-order chi connectivity index (χ0) is 18.3. The van der Waals surface area contributed by atoms with E-state index in [9.17, 15) is 4.79 Å². The largest absolute Gasteiger partial charge is 0.496 e. The minimum Gasteiger partial charge on any atom is -0.496 e. The molecule has 1 unspecified atom stereocenters. The van der Waals surface area contributed by atoms with Gasteiger partial charge in [-0.1, -0.05) is 5.16 Å². The monoisotopic (exact) mass is 356 g/mol. The topological polar surface area (TPSA) is 73.6 Å². The molecule has 138 valence electrons. The van der Waals surface area contributed by atoms with Gasteiger partial charge in [0, 0.05) is 30.4 Å². The summed E-state index contributed by atoms with van der Waals surface area (Å²) >= 11 is 0. The zero-order valence-corrected chi connectivity index (χ0v) is 15.4. The first-order valence-corrected chi connectivity index (χ1v) is 9.04. The summed E-state index contributed by atoms with van der Waals surface area (Å²) in [7, 11) is 1.63. The summed E-state index contributed by atoms with van der Waals surface area (Å²) in [6, 6.07) is 5.67. The van der Waals surface area contributed by atoms with Crippen LogP contribution in [0.1, 0.15) is 30.7 Å². The first-order valence-electron chi connectivity index (χ1n) is 9.04. The highest BCUT2D eigenvalue weighted by Gasteiger charge is 2.57. The maximum atomic E-state index is 12.7. The number of nitrogens with zero attached hydrogens (tertiary/aromatic N) is 1. The lowest BCUT2D eigenvalue weighted by Crippen LogP contribution is -2.24. The van der Waals surface area contributed by atoms with E-state index in [-0.39, 0.29) is 17.2 Å². The maximum Gasteiger partial charge on any atom is 0.228 e.